The first-order valence-corrected chi connectivity index (χ1v) is 9.54. The SMILES string of the molecule is Cc1ccc(CNC(=O)CN2C(=O)N[C@@]3(CCCc4ccccc43)C2=O)cc1. The van der Waals surface area contributed by atoms with Gasteiger partial charge in [-0.25, -0.2) is 4.79 Å². The third-order valence-corrected chi connectivity index (χ3v) is 5.56. The molecule has 2 N–H and O–H groups in total. The van der Waals surface area contributed by atoms with E-state index < -0.39 is 11.6 Å². The van der Waals surface area contributed by atoms with Crippen LogP contribution in [0.25, 0.3) is 0 Å². The van der Waals surface area contributed by atoms with Gasteiger partial charge in [-0.05, 0) is 42.9 Å². The van der Waals surface area contributed by atoms with Gasteiger partial charge >= 0.3 is 6.03 Å². The van der Waals surface area contributed by atoms with Gasteiger partial charge in [-0.1, -0.05) is 54.1 Å². The normalized spacial score (nSPS) is 20.8. The summed E-state index contributed by atoms with van der Waals surface area (Å²) < 4.78 is 0. The van der Waals surface area contributed by atoms with Gasteiger partial charge in [0.05, 0.1) is 0 Å². The van der Waals surface area contributed by atoms with Crippen molar-refractivity contribution in [3.8, 4) is 0 Å². The zero-order valence-corrected chi connectivity index (χ0v) is 15.8. The molecule has 2 aliphatic rings. The average Bonchev–Trinajstić information content (AvgIpc) is 2.93. The van der Waals surface area contributed by atoms with Crippen molar-refractivity contribution in [3.05, 3.63) is 70.8 Å². The van der Waals surface area contributed by atoms with E-state index >= 15 is 0 Å². The van der Waals surface area contributed by atoms with Crippen LogP contribution < -0.4 is 10.6 Å². The number of hydrogen-bond acceptors (Lipinski definition) is 3. The summed E-state index contributed by atoms with van der Waals surface area (Å²) >= 11 is 0. The second-order valence-corrected chi connectivity index (χ2v) is 7.50. The maximum atomic E-state index is 13.2. The number of amides is 4. The van der Waals surface area contributed by atoms with E-state index in [1.165, 1.54) is 0 Å². The second kappa shape index (κ2) is 7.11. The summed E-state index contributed by atoms with van der Waals surface area (Å²) in [6.07, 6.45) is 2.25. The Morgan fingerprint density at radius 2 is 1.89 bits per heavy atom. The second-order valence-electron chi connectivity index (χ2n) is 7.50. The summed E-state index contributed by atoms with van der Waals surface area (Å²) in [5.41, 5.74) is 3.00. The Bertz CT molecular complexity index is 938. The van der Waals surface area contributed by atoms with Crippen LogP contribution in [-0.4, -0.2) is 29.3 Å². The zero-order chi connectivity index (χ0) is 19.7. The van der Waals surface area contributed by atoms with E-state index in [1.54, 1.807) is 0 Å². The monoisotopic (exact) mass is 377 g/mol. The number of carbonyl (C=O) groups excluding carboxylic acids is 3. The molecule has 0 bridgehead atoms. The van der Waals surface area contributed by atoms with Crippen molar-refractivity contribution >= 4 is 17.8 Å². The maximum Gasteiger partial charge on any atom is 0.325 e. The fourth-order valence-electron chi connectivity index (χ4n) is 4.06. The smallest absolute Gasteiger partial charge is 0.325 e. The van der Waals surface area contributed by atoms with Gasteiger partial charge < -0.3 is 10.6 Å². The quantitative estimate of drug-likeness (QED) is 0.803. The van der Waals surface area contributed by atoms with Gasteiger partial charge in [0.1, 0.15) is 12.1 Å². The number of hydrogen-bond donors (Lipinski definition) is 2. The molecule has 1 atom stereocenters. The first-order chi connectivity index (χ1) is 13.5. The fourth-order valence-corrected chi connectivity index (χ4v) is 4.06. The van der Waals surface area contributed by atoms with Crippen molar-refractivity contribution in [2.45, 2.75) is 38.3 Å². The number of nitrogens with zero attached hydrogens (tertiary/aromatic N) is 1. The molecule has 1 heterocycles. The Kier molecular flexibility index (Phi) is 4.63. The van der Waals surface area contributed by atoms with Crippen LogP contribution >= 0.6 is 0 Å². The summed E-state index contributed by atoms with van der Waals surface area (Å²) in [6.45, 7) is 2.08. The largest absolute Gasteiger partial charge is 0.350 e. The molecule has 4 rings (SSSR count). The van der Waals surface area contributed by atoms with Gasteiger partial charge in [-0.2, -0.15) is 0 Å². The Hall–Kier alpha value is -3.15. The summed E-state index contributed by atoms with van der Waals surface area (Å²) in [5.74, 6) is -0.694. The number of aryl methyl sites for hydroxylation is 2. The number of benzene rings is 2. The average molecular weight is 377 g/mol. The molecule has 0 radical (unpaired) electrons. The third kappa shape index (κ3) is 3.15. The van der Waals surface area contributed by atoms with Crippen LogP contribution in [0.5, 0.6) is 0 Å². The van der Waals surface area contributed by atoms with E-state index in [-0.39, 0.29) is 18.4 Å². The highest BCUT2D eigenvalue weighted by molar-refractivity contribution is 6.09. The Balaban J connectivity index is 1.46. The highest BCUT2D eigenvalue weighted by Gasteiger charge is 2.54. The van der Waals surface area contributed by atoms with Crippen LogP contribution in [0.3, 0.4) is 0 Å². The molecular weight excluding hydrogens is 354 g/mol. The molecule has 6 nitrogen and oxygen atoms in total. The molecule has 0 unspecified atom stereocenters. The van der Waals surface area contributed by atoms with E-state index in [1.807, 2.05) is 55.5 Å². The van der Waals surface area contributed by atoms with E-state index in [0.29, 0.717) is 13.0 Å². The number of rotatable bonds is 4. The molecule has 28 heavy (non-hydrogen) atoms. The lowest BCUT2D eigenvalue weighted by Gasteiger charge is -2.33. The molecule has 1 spiro atoms. The highest BCUT2D eigenvalue weighted by Crippen LogP contribution is 2.39. The molecular formula is C22H23N3O3. The zero-order valence-electron chi connectivity index (χ0n) is 15.8. The van der Waals surface area contributed by atoms with Crippen molar-refractivity contribution < 1.29 is 14.4 Å². The van der Waals surface area contributed by atoms with E-state index in [0.717, 1.165) is 40.0 Å². The van der Waals surface area contributed by atoms with Gasteiger partial charge in [0, 0.05) is 6.54 Å². The summed E-state index contributed by atoms with van der Waals surface area (Å²) in [7, 11) is 0. The van der Waals surface area contributed by atoms with Crippen molar-refractivity contribution in [3.63, 3.8) is 0 Å². The Labute approximate surface area is 163 Å². The predicted molar refractivity (Wildman–Crippen MR) is 104 cm³/mol. The van der Waals surface area contributed by atoms with Crippen molar-refractivity contribution in [2.24, 2.45) is 0 Å². The Morgan fingerprint density at radius 1 is 1.14 bits per heavy atom. The molecule has 0 saturated carbocycles. The van der Waals surface area contributed by atoms with Gasteiger partial charge in [0.2, 0.25) is 5.91 Å². The van der Waals surface area contributed by atoms with Crippen LogP contribution in [-0.2, 0) is 28.1 Å². The van der Waals surface area contributed by atoms with Crippen LogP contribution in [0.2, 0.25) is 0 Å². The number of nitrogens with one attached hydrogen (secondary N) is 2. The highest BCUT2D eigenvalue weighted by atomic mass is 16.2. The lowest BCUT2D eigenvalue weighted by Crippen LogP contribution is -2.47. The number of carbonyl (C=O) groups is 3. The van der Waals surface area contributed by atoms with Crippen LogP contribution in [0.15, 0.2) is 48.5 Å². The fraction of sp³-hybridized carbons (Fsp3) is 0.318. The topological polar surface area (TPSA) is 78.5 Å². The minimum Gasteiger partial charge on any atom is -0.350 e. The van der Waals surface area contributed by atoms with Gasteiger partial charge in [-0.3, -0.25) is 14.5 Å². The Morgan fingerprint density at radius 3 is 2.68 bits per heavy atom. The molecule has 2 aromatic carbocycles. The van der Waals surface area contributed by atoms with Gasteiger partial charge in [0.25, 0.3) is 5.91 Å². The standard InChI is InChI=1S/C22H23N3O3/c1-15-8-10-16(11-9-15)13-23-19(26)14-25-20(27)22(24-21(25)28)12-4-6-17-5-2-3-7-18(17)22/h2-3,5,7-11H,4,6,12-14H2,1H3,(H,23,26)(H,24,28)/t22-/m1/s1. The lowest BCUT2D eigenvalue weighted by atomic mass is 9.76. The summed E-state index contributed by atoms with van der Waals surface area (Å²) in [5, 5.41) is 5.65. The van der Waals surface area contributed by atoms with E-state index in [2.05, 4.69) is 10.6 Å². The predicted octanol–water partition coefficient (Wildman–Crippen LogP) is 2.39. The van der Waals surface area contributed by atoms with Crippen LogP contribution in [0.4, 0.5) is 4.79 Å². The molecule has 1 fully saturated rings. The lowest BCUT2D eigenvalue weighted by molar-refractivity contribution is -0.135. The van der Waals surface area contributed by atoms with E-state index in [4.69, 9.17) is 0 Å². The minimum atomic E-state index is -1.04. The molecule has 0 aromatic heterocycles. The number of fused-ring (bicyclic) bond motifs is 2. The molecule has 144 valence electrons. The number of urea groups is 1. The molecule has 2 aromatic rings. The third-order valence-electron chi connectivity index (χ3n) is 5.56. The summed E-state index contributed by atoms with van der Waals surface area (Å²) in [4.78, 5) is 39.1. The van der Waals surface area contributed by atoms with Crippen molar-refractivity contribution in [1.29, 1.82) is 0 Å². The van der Waals surface area contributed by atoms with Crippen LogP contribution in [0, 0.1) is 6.92 Å². The van der Waals surface area contributed by atoms with Crippen LogP contribution in [0.1, 0.15) is 35.1 Å². The van der Waals surface area contributed by atoms with Gasteiger partial charge in [-0.15, -0.1) is 0 Å². The maximum absolute atomic E-state index is 13.2. The molecule has 4 amide bonds. The van der Waals surface area contributed by atoms with Crippen molar-refractivity contribution in [2.75, 3.05) is 6.54 Å². The first kappa shape index (κ1) is 18.2. The van der Waals surface area contributed by atoms with E-state index in [9.17, 15) is 14.4 Å². The van der Waals surface area contributed by atoms with Crippen molar-refractivity contribution in [1.82, 2.24) is 15.5 Å². The molecule has 1 saturated heterocycles. The molecule has 1 aliphatic carbocycles. The first-order valence-electron chi connectivity index (χ1n) is 9.54. The molecule has 1 aliphatic heterocycles. The summed E-state index contributed by atoms with van der Waals surface area (Å²) in [6, 6.07) is 15.0. The van der Waals surface area contributed by atoms with Gasteiger partial charge in [0.15, 0.2) is 0 Å². The minimum absolute atomic E-state index is 0.277. The molecule has 6 heteroatoms. The number of imide groups is 1.